The highest BCUT2D eigenvalue weighted by molar-refractivity contribution is 7.91. The Morgan fingerprint density at radius 2 is 1.74 bits per heavy atom. The minimum Gasteiger partial charge on any atom is -0.350 e. The number of benzene rings is 1. The fourth-order valence-electron chi connectivity index (χ4n) is 1.45. The van der Waals surface area contributed by atoms with E-state index in [2.05, 4.69) is 0 Å². The summed E-state index contributed by atoms with van der Waals surface area (Å²) in [7, 11) is -4.70. The summed E-state index contributed by atoms with van der Waals surface area (Å²) in [5.74, 6) is -7.48. The third-order valence-electron chi connectivity index (χ3n) is 2.69. The lowest BCUT2D eigenvalue weighted by Crippen LogP contribution is -2.42. The topological polar surface area (TPSA) is 89.3 Å². The number of sulfone groups is 1. The molecule has 3 N–H and O–H groups in total. The Balaban J connectivity index is 0.00000484. The Kier molecular flexibility index (Phi) is 7.95. The van der Waals surface area contributed by atoms with Gasteiger partial charge in [-0.25, -0.2) is 17.2 Å². The van der Waals surface area contributed by atoms with Crippen molar-refractivity contribution in [3.63, 3.8) is 0 Å². The summed E-state index contributed by atoms with van der Waals surface area (Å²) < 4.78 is 72.7. The van der Waals surface area contributed by atoms with Crippen LogP contribution in [0.3, 0.4) is 0 Å². The number of halogens is 5. The van der Waals surface area contributed by atoms with Crippen LogP contribution in [0.25, 0.3) is 0 Å². The van der Waals surface area contributed by atoms with Gasteiger partial charge in [0.15, 0.2) is 0 Å². The number of carbonyl (C=O) groups is 1. The Hall–Kier alpha value is -1.39. The molecule has 132 valence electrons. The number of rotatable bonds is 7. The molecule has 0 atom stereocenters. The van der Waals surface area contributed by atoms with Gasteiger partial charge in [-0.1, -0.05) is 12.1 Å². The molecule has 23 heavy (non-hydrogen) atoms. The minimum absolute atomic E-state index is 0. The van der Waals surface area contributed by atoms with Crippen LogP contribution >= 0.6 is 12.4 Å². The number of nitrogens with one attached hydrogen (secondary N) is 1. The van der Waals surface area contributed by atoms with Crippen LogP contribution in [0.2, 0.25) is 0 Å². The lowest BCUT2D eigenvalue weighted by molar-refractivity contribution is -0.122. The van der Waals surface area contributed by atoms with Crippen molar-refractivity contribution in [2.45, 2.75) is 23.0 Å². The fourth-order valence-corrected chi connectivity index (χ4v) is 2.17. The van der Waals surface area contributed by atoms with Gasteiger partial charge in [0.1, 0.15) is 0 Å². The van der Waals surface area contributed by atoms with Gasteiger partial charge in [-0.3, -0.25) is 4.79 Å². The summed E-state index contributed by atoms with van der Waals surface area (Å²) >= 11 is 0. The van der Waals surface area contributed by atoms with E-state index in [-0.39, 0.29) is 18.8 Å². The number of nitrogens with two attached hydrogens (primary N) is 1. The second-order valence-electron chi connectivity index (χ2n) is 4.46. The summed E-state index contributed by atoms with van der Waals surface area (Å²) in [5.41, 5.74) is 5.10. The van der Waals surface area contributed by atoms with Crippen LogP contribution in [0.15, 0.2) is 29.2 Å². The molecule has 1 aromatic carbocycles. The van der Waals surface area contributed by atoms with Gasteiger partial charge < -0.3 is 11.1 Å². The van der Waals surface area contributed by atoms with Gasteiger partial charge >= 0.3 is 5.76 Å². The third-order valence-corrected chi connectivity index (χ3v) is 4.09. The zero-order valence-corrected chi connectivity index (χ0v) is 13.3. The average molecular weight is 379 g/mol. The standard InChI is InChI=1S/C12H14F4N2O3S.ClH/c13-11(14)22(20,21)9-3-1-8(2-4-9)5-10(19)18-7-12(15,16)6-17;/h1-4,11H,5-7,17H2,(H,18,19);1H. The molecule has 0 unspecified atom stereocenters. The van der Waals surface area contributed by atoms with Crippen molar-refractivity contribution >= 4 is 28.2 Å². The zero-order valence-electron chi connectivity index (χ0n) is 11.6. The van der Waals surface area contributed by atoms with E-state index in [1.54, 1.807) is 0 Å². The van der Waals surface area contributed by atoms with E-state index in [0.29, 0.717) is 5.56 Å². The largest absolute Gasteiger partial charge is 0.350 e. The Bertz CT molecular complexity index is 624. The SMILES string of the molecule is Cl.NCC(F)(F)CNC(=O)Cc1ccc(S(=O)(=O)C(F)F)cc1. The third kappa shape index (κ3) is 6.32. The molecule has 11 heteroatoms. The summed E-state index contributed by atoms with van der Waals surface area (Å²) in [6.45, 7) is -1.83. The first-order valence-corrected chi connectivity index (χ1v) is 7.59. The number of carbonyl (C=O) groups excluding carboxylic acids is 1. The normalized spacial score (nSPS) is 11.9. The molecule has 0 spiro atoms. The molecule has 1 aromatic rings. The van der Waals surface area contributed by atoms with Crippen LogP contribution in [0.1, 0.15) is 5.56 Å². The maximum Gasteiger partial charge on any atom is 0.341 e. The predicted octanol–water partition coefficient (Wildman–Crippen LogP) is 1.36. The van der Waals surface area contributed by atoms with Gasteiger partial charge in [0.05, 0.1) is 24.4 Å². The molecule has 1 amide bonds. The zero-order chi connectivity index (χ0) is 17.0. The molecule has 5 nitrogen and oxygen atoms in total. The van der Waals surface area contributed by atoms with Gasteiger partial charge in [0, 0.05) is 0 Å². The summed E-state index contributed by atoms with van der Waals surface area (Å²) in [5, 5.41) is 1.98. The first kappa shape index (κ1) is 21.6. The summed E-state index contributed by atoms with van der Waals surface area (Å²) in [4.78, 5) is 10.9. The van der Waals surface area contributed by atoms with Crippen molar-refractivity contribution in [1.82, 2.24) is 5.32 Å². The quantitative estimate of drug-likeness (QED) is 0.701. The van der Waals surface area contributed by atoms with Crippen LogP contribution in [0.4, 0.5) is 17.6 Å². The Labute approximate surface area is 136 Å². The second-order valence-corrected chi connectivity index (χ2v) is 6.38. The van der Waals surface area contributed by atoms with Crippen molar-refractivity contribution in [3.05, 3.63) is 29.8 Å². The van der Waals surface area contributed by atoms with Crippen LogP contribution in [0, 0.1) is 0 Å². The molecule has 0 aliphatic rings. The Morgan fingerprint density at radius 1 is 1.22 bits per heavy atom. The van der Waals surface area contributed by atoms with E-state index >= 15 is 0 Å². The van der Waals surface area contributed by atoms with Gasteiger partial charge in [-0.15, -0.1) is 12.4 Å². The van der Waals surface area contributed by atoms with E-state index < -0.39 is 45.4 Å². The van der Waals surface area contributed by atoms with Crippen LogP contribution in [0.5, 0.6) is 0 Å². The van der Waals surface area contributed by atoms with Crippen molar-refractivity contribution in [1.29, 1.82) is 0 Å². The minimum atomic E-state index is -4.70. The molecule has 0 radical (unpaired) electrons. The first-order chi connectivity index (χ1) is 10.1. The van der Waals surface area contributed by atoms with E-state index in [0.717, 1.165) is 24.3 Å². The number of hydrogen-bond donors (Lipinski definition) is 2. The van der Waals surface area contributed by atoms with Gasteiger partial charge in [0.2, 0.25) is 15.7 Å². The van der Waals surface area contributed by atoms with Gasteiger partial charge in [0.25, 0.3) is 5.92 Å². The van der Waals surface area contributed by atoms with Crippen molar-refractivity contribution < 1.29 is 30.8 Å². The van der Waals surface area contributed by atoms with E-state index in [9.17, 15) is 30.8 Å². The van der Waals surface area contributed by atoms with E-state index in [4.69, 9.17) is 5.73 Å². The Morgan fingerprint density at radius 3 is 2.17 bits per heavy atom. The fraction of sp³-hybridized carbons (Fsp3) is 0.417. The lowest BCUT2D eigenvalue weighted by Gasteiger charge is -2.14. The molecule has 1 rings (SSSR count). The first-order valence-electron chi connectivity index (χ1n) is 6.04. The van der Waals surface area contributed by atoms with Crippen LogP contribution in [-0.2, 0) is 21.1 Å². The molecule has 0 aromatic heterocycles. The summed E-state index contributed by atoms with van der Waals surface area (Å²) in [6.07, 6.45) is -0.296. The predicted molar refractivity (Wildman–Crippen MR) is 77.6 cm³/mol. The molecule has 0 aliphatic carbocycles. The smallest absolute Gasteiger partial charge is 0.341 e. The molecule has 0 aliphatic heterocycles. The van der Waals surface area contributed by atoms with E-state index in [1.807, 2.05) is 5.32 Å². The number of alkyl halides is 4. The molecular weight excluding hydrogens is 364 g/mol. The van der Waals surface area contributed by atoms with Gasteiger partial charge in [-0.05, 0) is 17.7 Å². The molecule has 0 saturated heterocycles. The monoisotopic (exact) mass is 378 g/mol. The summed E-state index contributed by atoms with van der Waals surface area (Å²) in [6, 6.07) is 4.18. The van der Waals surface area contributed by atoms with Gasteiger partial charge in [-0.2, -0.15) is 8.78 Å². The molecule has 0 bridgehead atoms. The number of hydrogen-bond acceptors (Lipinski definition) is 4. The lowest BCUT2D eigenvalue weighted by atomic mass is 10.1. The molecule has 0 heterocycles. The highest BCUT2D eigenvalue weighted by Gasteiger charge is 2.28. The maximum absolute atomic E-state index is 12.8. The van der Waals surface area contributed by atoms with Crippen LogP contribution < -0.4 is 11.1 Å². The van der Waals surface area contributed by atoms with Crippen molar-refractivity contribution in [2.24, 2.45) is 5.73 Å². The van der Waals surface area contributed by atoms with E-state index in [1.165, 1.54) is 0 Å². The molecular formula is C12H15ClF4N2O3S. The van der Waals surface area contributed by atoms with Crippen molar-refractivity contribution in [3.8, 4) is 0 Å². The molecule has 0 fully saturated rings. The highest BCUT2D eigenvalue weighted by atomic mass is 35.5. The molecule has 0 saturated carbocycles. The maximum atomic E-state index is 12.8. The average Bonchev–Trinajstić information content (AvgIpc) is 2.46. The second kappa shape index (κ2) is 8.46. The van der Waals surface area contributed by atoms with Crippen LogP contribution in [-0.4, -0.2) is 39.1 Å². The number of amides is 1. The highest BCUT2D eigenvalue weighted by Crippen LogP contribution is 2.18. The van der Waals surface area contributed by atoms with Crippen molar-refractivity contribution in [2.75, 3.05) is 13.1 Å².